The first-order chi connectivity index (χ1) is 18.0. The minimum Gasteiger partial charge on any atom is -0.497 e. The molecule has 0 bridgehead atoms. The minimum atomic E-state index is -0.719. The summed E-state index contributed by atoms with van der Waals surface area (Å²) in [6.07, 6.45) is 2.68. The van der Waals surface area contributed by atoms with Gasteiger partial charge in [0, 0.05) is 29.9 Å². The van der Waals surface area contributed by atoms with Gasteiger partial charge in [-0.2, -0.15) is 0 Å². The molecule has 10 nitrogen and oxygen atoms in total. The molecule has 1 aromatic carbocycles. The minimum absolute atomic E-state index is 0.0571. The largest absolute Gasteiger partial charge is 0.497 e. The SMILES string of the molecule is CCOC(=O)c1cc(F)c(NC2CCCCC2NC(=O)OC(C)(C)C)nc1Nc1cc(OC)cc(OC)c1. The quantitative estimate of drug-likeness (QED) is 0.364. The van der Waals surface area contributed by atoms with Gasteiger partial charge in [0.05, 0.1) is 26.9 Å². The first kappa shape index (κ1) is 28.8. The lowest BCUT2D eigenvalue weighted by Gasteiger charge is -2.34. The topological polar surface area (TPSA) is 120 Å². The van der Waals surface area contributed by atoms with Gasteiger partial charge in [0.25, 0.3) is 0 Å². The molecule has 0 aliphatic heterocycles. The summed E-state index contributed by atoms with van der Waals surface area (Å²) in [5.74, 6) is -0.367. The van der Waals surface area contributed by atoms with Crippen molar-refractivity contribution in [1.29, 1.82) is 0 Å². The van der Waals surface area contributed by atoms with Crippen molar-refractivity contribution in [2.24, 2.45) is 0 Å². The Balaban J connectivity index is 1.92. The van der Waals surface area contributed by atoms with Crippen LogP contribution in [0.2, 0.25) is 0 Å². The number of alkyl carbamates (subject to hydrolysis) is 1. The lowest BCUT2D eigenvalue weighted by Crippen LogP contribution is -2.50. The van der Waals surface area contributed by atoms with Crippen molar-refractivity contribution in [3.63, 3.8) is 0 Å². The number of carbonyl (C=O) groups excluding carboxylic acids is 2. The van der Waals surface area contributed by atoms with E-state index in [9.17, 15) is 9.59 Å². The lowest BCUT2D eigenvalue weighted by molar-refractivity contribution is 0.0485. The number of anilines is 3. The summed E-state index contributed by atoms with van der Waals surface area (Å²) >= 11 is 0. The van der Waals surface area contributed by atoms with E-state index in [1.165, 1.54) is 14.2 Å². The van der Waals surface area contributed by atoms with E-state index in [1.807, 2.05) is 0 Å². The molecule has 1 aromatic heterocycles. The van der Waals surface area contributed by atoms with Crippen molar-refractivity contribution in [3.05, 3.63) is 35.6 Å². The number of halogens is 1. The molecule has 3 N–H and O–H groups in total. The third-order valence-electron chi connectivity index (χ3n) is 5.88. The smallest absolute Gasteiger partial charge is 0.407 e. The second kappa shape index (κ2) is 12.7. The summed E-state index contributed by atoms with van der Waals surface area (Å²) in [6, 6.07) is 5.59. The van der Waals surface area contributed by atoms with Crippen molar-refractivity contribution >= 4 is 29.4 Å². The Morgan fingerprint density at radius 2 is 1.63 bits per heavy atom. The zero-order valence-corrected chi connectivity index (χ0v) is 22.8. The number of carbonyl (C=O) groups is 2. The van der Waals surface area contributed by atoms with Crippen molar-refractivity contribution < 1.29 is 32.9 Å². The number of ether oxygens (including phenoxy) is 4. The number of rotatable bonds is 9. The lowest BCUT2D eigenvalue weighted by atomic mass is 9.90. The first-order valence-corrected chi connectivity index (χ1v) is 12.7. The Bertz CT molecular complexity index is 1120. The van der Waals surface area contributed by atoms with Crippen LogP contribution in [0, 0.1) is 5.82 Å². The Morgan fingerprint density at radius 1 is 1.00 bits per heavy atom. The predicted molar refractivity (Wildman–Crippen MR) is 142 cm³/mol. The van der Waals surface area contributed by atoms with Gasteiger partial charge >= 0.3 is 12.1 Å². The maximum absolute atomic E-state index is 15.3. The van der Waals surface area contributed by atoms with Crippen LogP contribution in [0.3, 0.4) is 0 Å². The molecule has 2 atom stereocenters. The Kier molecular flexibility index (Phi) is 9.60. The molecule has 1 aliphatic rings. The normalized spacial score (nSPS) is 17.2. The van der Waals surface area contributed by atoms with Crippen molar-refractivity contribution in [2.75, 3.05) is 31.5 Å². The van der Waals surface area contributed by atoms with E-state index in [1.54, 1.807) is 45.9 Å². The fourth-order valence-electron chi connectivity index (χ4n) is 4.18. The van der Waals surface area contributed by atoms with Crippen molar-refractivity contribution in [1.82, 2.24) is 10.3 Å². The highest BCUT2D eigenvalue weighted by molar-refractivity contribution is 5.96. The van der Waals surface area contributed by atoms with Crippen LogP contribution in [-0.4, -0.2) is 55.6 Å². The van der Waals surface area contributed by atoms with Gasteiger partial charge in [-0.3, -0.25) is 0 Å². The second-order valence-corrected chi connectivity index (χ2v) is 9.95. The van der Waals surface area contributed by atoms with E-state index in [2.05, 4.69) is 20.9 Å². The summed E-state index contributed by atoms with van der Waals surface area (Å²) in [4.78, 5) is 29.5. The van der Waals surface area contributed by atoms with Crippen LogP contribution in [0.15, 0.2) is 24.3 Å². The van der Waals surface area contributed by atoms with Crippen molar-refractivity contribution in [3.8, 4) is 11.5 Å². The zero-order chi connectivity index (χ0) is 27.9. The third-order valence-corrected chi connectivity index (χ3v) is 5.88. The molecule has 2 aromatic rings. The highest BCUT2D eigenvalue weighted by atomic mass is 19.1. The van der Waals surface area contributed by atoms with Gasteiger partial charge in [-0.1, -0.05) is 12.8 Å². The first-order valence-electron chi connectivity index (χ1n) is 12.7. The number of pyridine rings is 1. The number of nitrogens with one attached hydrogen (secondary N) is 3. The zero-order valence-electron chi connectivity index (χ0n) is 22.8. The number of methoxy groups -OCH3 is 2. The number of amides is 1. The fourth-order valence-corrected chi connectivity index (χ4v) is 4.18. The molecule has 1 heterocycles. The molecule has 0 saturated heterocycles. The average molecular weight is 533 g/mol. The van der Waals surface area contributed by atoms with E-state index in [4.69, 9.17) is 18.9 Å². The molecular formula is C27H37FN4O6. The molecule has 1 amide bonds. The molecule has 2 unspecified atom stereocenters. The Morgan fingerprint density at radius 3 is 2.21 bits per heavy atom. The van der Waals surface area contributed by atoms with Gasteiger partial charge in [0.1, 0.15) is 28.5 Å². The van der Waals surface area contributed by atoms with Crippen LogP contribution in [0.5, 0.6) is 11.5 Å². The van der Waals surface area contributed by atoms with E-state index in [-0.39, 0.29) is 35.9 Å². The number of benzene rings is 1. The van der Waals surface area contributed by atoms with Crippen LogP contribution in [0.1, 0.15) is 63.7 Å². The Labute approximate surface area is 222 Å². The molecule has 0 radical (unpaired) electrons. The number of esters is 1. The second-order valence-electron chi connectivity index (χ2n) is 9.95. The van der Waals surface area contributed by atoms with Gasteiger partial charge < -0.3 is 34.9 Å². The van der Waals surface area contributed by atoms with Crippen LogP contribution in [0.25, 0.3) is 0 Å². The maximum atomic E-state index is 15.3. The standard InChI is InChI=1S/C27H37FN4O6/c1-7-37-25(33)19-15-20(28)24(32-23(19)29-16-12-17(35-5)14-18(13-16)36-6)30-21-10-8-9-11-22(21)31-26(34)38-27(2,3)4/h12-15,21-22H,7-11H2,1-6H3,(H,31,34)(H2,29,30,32). The monoisotopic (exact) mass is 532 g/mol. The van der Waals surface area contributed by atoms with E-state index in [0.29, 0.717) is 30.0 Å². The molecule has 1 aliphatic carbocycles. The summed E-state index contributed by atoms with van der Waals surface area (Å²) in [5, 5.41) is 9.11. The summed E-state index contributed by atoms with van der Waals surface area (Å²) in [5.41, 5.74) is -0.190. The van der Waals surface area contributed by atoms with E-state index >= 15 is 4.39 Å². The van der Waals surface area contributed by atoms with Crippen LogP contribution in [-0.2, 0) is 9.47 Å². The molecule has 1 fully saturated rings. The molecule has 208 valence electrons. The van der Waals surface area contributed by atoms with Gasteiger partial charge in [0.2, 0.25) is 0 Å². The number of aromatic nitrogens is 1. The van der Waals surface area contributed by atoms with Gasteiger partial charge in [-0.15, -0.1) is 0 Å². The van der Waals surface area contributed by atoms with E-state index in [0.717, 1.165) is 18.9 Å². The Hall–Kier alpha value is -3.76. The van der Waals surface area contributed by atoms with Crippen LogP contribution >= 0.6 is 0 Å². The number of nitrogens with zero attached hydrogens (tertiary/aromatic N) is 1. The van der Waals surface area contributed by atoms with Crippen LogP contribution < -0.4 is 25.4 Å². The van der Waals surface area contributed by atoms with E-state index < -0.39 is 23.5 Å². The summed E-state index contributed by atoms with van der Waals surface area (Å²) < 4.78 is 36.4. The molecule has 38 heavy (non-hydrogen) atoms. The summed E-state index contributed by atoms with van der Waals surface area (Å²) in [7, 11) is 3.04. The molecule has 0 spiro atoms. The number of hydrogen-bond donors (Lipinski definition) is 3. The van der Waals surface area contributed by atoms with Gasteiger partial charge in [0.15, 0.2) is 11.6 Å². The summed E-state index contributed by atoms with van der Waals surface area (Å²) in [6.45, 7) is 7.16. The number of hydrogen-bond acceptors (Lipinski definition) is 9. The average Bonchev–Trinajstić information content (AvgIpc) is 2.85. The van der Waals surface area contributed by atoms with Crippen LogP contribution in [0.4, 0.5) is 26.5 Å². The molecule has 3 rings (SSSR count). The highest BCUT2D eigenvalue weighted by Crippen LogP contribution is 2.31. The molecule has 11 heteroatoms. The van der Waals surface area contributed by atoms with Gasteiger partial charge in [-0.05, 0) is 46.6 Å². The maximum Gasteiger partial charge on any atom is 0.407 e. The van der Waals surface area contributed by atoms with Crippen molar-refractivity contribution in [2.45, 2.75) is 71.1 Å². The molecule has 1 saturated carbocycles. The molecular weight excluding hydrogens is 495 g/mol. The predicted octanol–water partition coefficient (Wildman–Crippen LogP) is 5.41. The fraction of sp³-hybridized carbons (Fsp3) is 0.519. The third kappa shape index (κ3) is 7.87. The highest BCUT2D eigenvalue weighted by Gasteiger charge is 2.30. The van der Waals surface area contributed by atoms with Gasteiger partial charge in [-0.25, -0.2) is 19.0 Å².